The Morgan fingerprint density at radius 2 is 2.21 bits per heavy atom. The van der Waals surface area contributed by atoms with Gasteiger partial charge < -0.3 is 4.74 Å². The van der Waals surface area contributed by atoms with E-state index >= 15 is 0 Å². The number of thiophene rings is 1. The fraction of sp³-hybridized carbons (Fsp3) is 0.364. The van der Waals surface area contributed by atoms with Crippen LogP contribution in [0.1, 0.15) is 20.9 Å². The van der Waals surface area contributed by atoms with Crippen LogP contribution in [0, 0.1) is 13.8 Å². The van der Waals surface area contributed by atoms with Crippen LogP contribution in [0.4, 0.5) is 0 Å². The molecule has 0 bridgehead atoms. The molecule has 0 radical (unpaired) electrons. The molecule has 0 aliphatic heterocycles. The molecule has 2 nitrogen and oxygen atoms in total. The van der Waals surface area contributed by atoms with Gasteiger partial charge in [-0.25, -0.2) is 0 Å². The van der Waals surface area contributed by atoms with Crippen molar-refractivity contribution in [2.75, 3.05) is 0 Å². The van der Waals surface area contributed by atoms with Crippen LogP contribution in [0.25, 0.3) is 0 Å². The van der Waals surface area contributed by atoms with Gasteiger partial charge in [-0.1, -0.05) is 6.08 Å². The van der Waals surface area contributed by atoms with E-state index in [1.807, 2.05) is 13.0 Å². The number of ether oxygens (including phenoxy) is 1. The van der Waals surface area contributed by atoms with E-state index in [4.69, 9.17) is 4.74 Å². The Balaban J connectivity index is 2.91. The van der Waals surface area contributed by atoms with Crippen LogP contribution in [-0.2, 0) is 22.6 Å². The molecule has 76 valence electrons. The quantitative estimate of drug-likeness (QED) is 0.552. The third-order valence-corrected chi connectivity index (χ3v) is 3.47. The minimum Gasteiger partial charge on any atom is -0.463 e. The van der Waals surface area contributed by atoms with E-state index in [2.05, 4.69) is 13.5 Å². The second-order valence-corrected chi connectivity index (χ2v) is 4.39. The summed E-state index contributed by atoms with van der Waals surface area (Å²) in [6.45, 7) is 8.70. The van der Waals surface area contributed by atoms with Crippen LogP contribution >= 0.6 is 11.3 Å². The molecule has 3 heteroatoms. The SMILES string of the molecule is C=CCc1sc(C)c(COC=O)c1C. The first-order valence-corrected chi connectivity index (χ1v) is 5.26. The molecule has 1 aromatic rings. The molecule has 0 saturated heterocycles. The average molecular weight is 210 g/mol. The minimum atomic E-state index is 0.384. The van der Waals surface area contributed by atoms with Gasteiger partial charge in [0.15, 0.2) is 0 Å². The molecule has 0 aliphatic rings. The third kappa shape index (κ3) is 2.23. The van der Waals surface area contributed by atoms with Gasteiger partial charge in [0, 0.05) is 15.3 Å². The highest BCUT2D eigenvalue weighted by atomic mass is 32.1. The number of allylic oxidation sites excluding steroid dienone is 1. The minimum absolute atomic E-state index is 0.384. The van der Waals surface area contributed by atoms with E-state index in [1.165, 1.54) is 15.3 Å². The van der Waals surface area contributed by atoms with Crippen molar-refractivity contribution in [3.05, 3.63) is 33.5 Å². The van der Waals surface area contributed by atoms with Crippen LogP contribution in [0.15, 0.2) is 12.7 Å². The molecule has 0 saturated carbocycles. The van der Waals surface area contributed by atoms with Crippen molar-refractivity contribution in [3.8, 4) is 0 Å². The van der Waals surface area contributed by atoms with Crippen molar-refractivity contribution in [1.29, 1.82) is 0 Å². The molecule has 0 spiro atoms. The van der Waals surface area contributed by atoms with Gasteiger partial charge in [-0.2, -0.15) is 0 Å². The molecule has 14 heavy (non-hydrogen) atoms. The number of rotatable bonds is 5. The van der Waals surface area contributed by atoms with Crippen molar-refractivity contribution in [3.63, 3.8) is 0 Å². The Kier molecular flexibility index (Phi) is 3.89. The van der Waals surface area contributed by atoms with Gasteiger partial charge in [0.1, 0.15) is 6.61 Å². The van der Waals surface area contributed by atoms with Gasteiger partial charge >= 0.3 is 0 Å². The number of hydrogen-bond donors (Lipinski definition) is 0. The summed E-state index contributed by atoms with van der Waals surface area (Å²) in [5.41, 5.74) is 2.37. The average Bonchev–Trinajstić information content (AvgIpc) is 2.41. The molecular formula is C11H14O2S. The third-order valence-electron chi connectivity index (χ3n) is 2.20. The molecule has 0 aliphatic carbocycles. The predicted molar refractivity (Wildman–Crippen MR) is 58.5 cm³/mol. The summed E-state index contributed by atoms with van der Waals surface area (Å²) in [5.74, 6) is 0. The Morgan fingerprint density at radius 1 is 1.50 bits per heavy atom. The molecule has 0 amide bonds. The fourth-order valence-corrected chi connectivity index (χ4v) is 2.59. The van der Waals surface area contributed by atoms with E-state index in [1.54, 1.807) is 11.3 Å². The first-order valence-electron chi connectivity index (χ1n) is 4.44. The second-order valence-electron chi connectivity index (χ2n) is 3.09. The van der Waals surface area contributed by atoms with E-state index < -0.39 is 0 Å². The largest absolute Gasteiger partial charge is 0.463 e. The summed E-state index contributed by atoms with van der Waals surface area (Å²) in [6.07, 6.45) is 2.78. The highest BCUT2D eigenvalue weighted by Crippen LogP contribution is 2.28. The lowest BCUT2D eigenvalue weighted by Gasteiger charge is -2.00. The van der Waals surface area contributed by atoms with Crippen LogP contribution in [0.3, 0.4) is 0 Å². The maximum atomic E-state index is 10.1. The van der Waals surface area contributed by atoms with Crippen molar-refractivity contribution in [1.82, 2.24) is 0 Å². The standard InChI is InChI=1S/C11H14O2S/c1-4-5-11-8(2)10(6-13-7-12)9(3)14-11/h4,7H,1,5-6H2,2-3H3. The lowest BCUT2D eigenvalue weighted by molar-refractivity contribution is -0.129. The maximum Gasteiger partial charge on any atom is 0.293 e. The van der Waals surface area contributed by atoms with E-state index in [9.17, 15) is 4.79 Å². The van der Waals surface area contributed by atoms with E-state index in [-0.39, 0.29) is 0 Å². The predicted octanol–water partition coefficient (Wildman–Crippen LogP) is 2.77. The van der Waals surface area contributed by atoms with Crippen LogP contribution in [0.2, 0.25) is 0 Å². The molecule has 0 aromatic carbocycles. The van der Waals surface area contributed by atoms with Crippen molar-refractivity contribution in [2.45, 2.75) is 26.9 Å². The maximum absolute atomic E-state index is 10.1. The number of carbonyl (C=O) groups excluding carboxylic acids is 1. The second kappa shape index (κ2) is 4.96. The van der Waals surface area contributed by atoms with Crippen LogP contribution in [-0.4, -0.2) is 6.47 Å². The summed E-state index contributed by atoms with van der Waals surface area (Å²) in [4.78, 5) is 12.6. The zero-order valence-electron chi connectivity index (χ0n) is 8.50. The number of aryl methyl sites for hydroxylation is 1. The molecule has 0 atom stereocenters. The molecule has 1 heterocycles. The van der Waals surface area contributed by atoms with Gasteiger partial charge in [0.25, 0.3) is 6.47 Å². The summed E-state index contributed by atoms with van der Waals surface area (Å²) in [5, 5.41) is 0. The first kappa shape index (κ1) is 11.0. The zero-order chi connectivity index (χ0) is 10.6. The number of hydrogen-bond acceptors (Lipinski definition) is 3. The normalized spacial score (nSPS) is 9.86. The number of carbonyl (C=O) groups is 1. The Bertz CT molecular complexity index is 339. The molecule has 1 rings (SSSR count). The summed E-state index contributed by atoms with van der Waals surface area (Å²) >= 11 is 1.75. The highest BCUT2D eigenvalue weighted by molar-refractivity contribution is 7.12. The van der Waals surface area contributed by atoms with E-state index in [0.717, 1.165) is 12.0 Å². The Hall–Kier alpha value is -1.09. The Morgan fingerprint density at radius 3 is 2.79 bits per heavy atom. The van der Waals surface area contributed by atoms with E-state index in [0.29, 0.717) is 13.1 Å². The zero-order valence-corrected chi connectivity index (χ0v) is 9.32. The monoisotopic (exact) mass is 210 g/mol. The van der Waals surface area contributed by atoms with Crippen molar-refractivity contribution < 1.29 is 9.53 Å². The van der Waals surface area contributed by atoms with Gasteiger partial charge in [-0.05, 0) is 25.8 Å². The first-order chi connectivity index (χ1) is 6.70. The Labute approximate surface area is 88.2 Å². The van der Waals surface area contributed by atoms with Gasteiger partial charge in [0.2, 0.25) is 0 Å². The van der Waals surface area contributed by atoms with Gasteiger partial charge in [0.05, 0.1) is 0 Å². The molecule has 0 fully saturated rings. The highest BCUT2D eigenvalue weighted by Gasteiger charge is 2.10. The lowest BCUT2D eigenvalue weighted by atomic mass is 10.1. The molecule has 0 unspecified atom stereocenters. The van der Waals surface area contributed by atoms with Crippen LogP contribution in [0.5, 0.6) is 0 Å². The van der Waals surface area contributed by atoms with Crippen molar-refractivity contribution in [2.24, 2.45) is 0 Å². The molecular weight excluding hydrogens is 196 g/mol. The summed E-state index contributed by atoms with van der Waals surface area (Å²) in [6, 6.07) is 0. The lowest BCUT2D eigenvalue weighted by Crippen LogP contribution is -1.93. The van der Waals surface area contributed by atoms with Gasteiger partial charge in [-0.3, -0.25) is 4.79 Å². The molecule has 1 aromatic heterocycles. The topological polar surface area (TPSA) is 26.3 Å². The van der Waals surface area contributed by atoms with Crippen molar-refractivity contribution >= 4 is 17.8 Å². The molecule has 0 N–H and O–H groups in total. The van der Waals surface area contributed by atoms with Gasteiger partial charge in [-0.15, -0.1) is 17.9 Å². The smallest absolute Gasteiger partial charge is 0.293 e. The fourth-order valence-electron chi connectivity index (χ4n) is 1.41. The summed E-state index contributed by atoms with van der Waals surface area (Å²) in [7, 11) is 0. The summed E-state index contributed by atoms with van der Waals surface area (Å²) < 4.78 is 4.77. The van der Waals surface area contributed by atoms with Crippen LogP contribution < -0.4 is 0 Å².